The smallest absolute Gasteiger partial charge is 0.201 e. The number of nitrogens with one attached hydrogen (secondary N) is 1. The van der Waals surface area contributed by atoms with Crippen molar-refractivity contribution < 1.29 is 26.9 Å². The standard InChI is InChI=1S/C27H23F5N2/c1-27(2)17-11-14(34(3)4)7-8-15(17)20(21-22(28)24(30)26(32)25(31)23(21)29)16-10-13-6-5-9-33-19(13)12-18(16)27/h7-8,10-12H,5-6,9H2,1-4H3/p+1. The lowest BCUT2D eigenvalue weighted by atomic mass is 9.68. The van der Waals surface area contributed by atoms with Gasteiger partial charge in [-0.3, -0.25) is 0 Å². The molecule has 0 unspecified atom stereocenters. The number of nitrogens with zero attached hydrogens (tertiary/aromatic N) is 1. The fourth-order valence-corrected chi connectivity index (χ4v) is 5.17. The van der Waals surface area contributed by atoms with Gasteiger partial charge >= 0.3 is 0 Å². The average Bonchev–Trinajstić information content (AvgIpc) is 2.82. The fourth-order valence-electron chi connectivity index (χ4n) is 5.17. The van der Waals surface area contributed by atoms with E-state index >= 15 is 8.78 Å². The molecule has 3 aromatic rings. The molecule has 0 saturated heterocycles. The zero-order chi connectivity index (χ0) is 24.5. The highest BCUT2D eigenvalue weighted by atomic mass is 19.2. The first kappa shape index (κ1) is 22.6. The second-order valence-corrected chi connectivity index (χ2v) is 9.65. The van der Waals surface area contributed by atoms with Crippen LogP contribution in [-0.2, 0) is 11.8 Å². The molecule has 1 aliphatic heterocycles. The van der Waals surface area contributed by atoms with Crippen LogP contribution in [0.5, 0.6) is 0 Å². The van der Waals surface area contributed by atoms with Crippen molar-refractivity contribution in [2.24, 2.45) is 0 Å². The Labute approximate surface area is 194 Å². The molecular weight excluding hydrogens is 447 g/mol. The molecule has 5 rings (SSSR count). The molecule has 0 amide bonds. The molecule has 0 bridgehead atoms. The van der Waals surface area contributed by atoms with E-state index in [9.17, 15) is 13.2 Å². The first-order chi connectivity index (χ1) is 16.0. The molecule has 2 aliphatic rings. The first-order valence-electron chi connectivity index (χ1n) is 11.2. The quantitative estimate of drug-likeness (QED) is 0.346. The predicted molar refractivity (Wildman–Crippen MR) is 120 cm³/mol. The van der Waals surface area contributed by atoms with E-state index in [1.807, 2.05) is 51.0 Å². The number of hydrogen-bond acceptors (Lipinski definition) is 1. The minimum absolute atomic E-state index is 0.0239. The van der Waals surface area contributed by atoms with Crippen LogP contribution in [0.15, 0.2) is 30.3 Å². The Morgan fingerprint density at radius 3 is 2.12 bits per heavy atom. The fraction of sp³-hybridized carbons (Fsp3) is 0.296. The lowest BCUT2D eigenvalue weighted by Gasteiger charge is -2.35. The second kappa shape index (κ2) is 7.65. The summed E-state index contributed by atoms with van der Waals surface area (Å²) in [6, 6.07) is 9.21. The number of hydrogen-bond donors (Lipinski definition) is 1. The van der Waals surface area contributed by atoms with Gasteiger partial charge in [-0.25, -0.2) is 26.9 Å². The SMILES string of the molecule is CN(C)c1ccc2c(c1)C(C)(C)c1cc3c(cc1=C2c1c(F)c(F)c(F)c(F)c1F)CCC[NH+]=3. The average molecular weight is 471 g/mol. The highest BCUT2D eigenvalue weighted by molar-refractivity contribution is 5.86. The van der Waals surface area contributed by atoms with Crippen molar-refractivity contribution in [3.05, 3.63) is 97.8 Å². The van der Waals surface area contributed by atoms with Crippen molar-refractivity contribution in [2.45, 2.75) is 32.1 Å². The zero-order valence-electron chi connectivity index (χ0n) is 19.3. The number of rotatable bonds is 2. The normalized spacial score (nSPS) is 15.9. The topological polar surface area (TPSA) is 17.2 Å². The summed E-state index contributed by atoms with van der Waals surface area (Å²) in [7, 11) is 3.75. The van der Waals surface area contributed by atoms with E-state index in [0.29, 0.717) is 10.8 Å². The van der Waals surface area contributed by atoms with E-state index in [0.717, 1.165) is 47.1 Å². The van der Waals surface area contributed by atoms with Crippen LogP contribution in [-0.4, -0.2) is 20.6 Å². The Hall–Kier alpha value is -3.22. The summed E-state index contributed by atoms with van der Waals surface area (Å²) in [4.78, 5) is 5.27. The minimum Gasteiger partial charge on any atom is -0.378 e. The van der Waals surface area contributed by atoms with Gasteiger partial charge < -0.3 is 4.90 Å². The predicted octanol–water partition coefficient (Wildman–Crippen LogP) is 2.98. The van der Waals surface area contributed by atoms with Gasteiger partial charge in [0.1, 0.15) is 6.54 Å². The molecule has 0 aromatic heterocycles. The maximum atomic E-state index is 15.2. The number of anilines is 1. The Bertz CT molecular complexity index is 1460. The Morgan fingerprint density at radius 1 is 0.824 bits per heavy atom. The summed E-state index contributed by atoms with van der Waals surface area (Å²) in [5.41, 5.74) is 2.34. The van der Waals surface area contributed by atoms with Crippen molar-refractivity contribution in [3.63, 3.8) is 0 Å². The van der Waals surface area contributed by atoms with Crippen molar-refractivity contribution in [1.29, 1.82) is 0 Å². The Kier molecular flexibility index (Phi) is 5.08. The Balaban J connectivity index is 2.02. The number of halogens is 5. The number of aryl methyl sites for hydroxylation is 1. The molecule has 0 atom stereocenters. The molecule has 1 aliphatic carbocycles. The maximum absolute atomic E-state index is 15.2. The number of benzene rings is 3. The van der Waals surface area contributed by atoms with Crippen molar-refractivity contribution in [1.82, 2.24) is 0 Å². The summed E-state index contributed by atoms with van der Waals surface area (Å²) >= 11 is 0. The van der Waals surface area contributed by atoms with Crippen LogP contribution in [0.3, 0.4) is 0 Å². The molecule has 1 heterocycles. The lowest BCUT2D eigenvalue weighted by Crippen LogP contribution is -2.79. The molecule has 0 fully saturated rings. The van der Waals surface area contributed by atoms with Gasteiger partial charge in [-0.15, -0.1) is 0 Å². The van der Waals surface area contributed by atoms with E-state index in [1.54, 1.807) is 12.1 Å². The second-order valence-electron chi connectivity index (χ2n) is 9.65. The van der Waals surface area contributed by atoms with E-state index in [1.165, 1.54) is 0 Å². The summed E-state index contributed by atoms with van der Waals surface area (Å²) in [6.45, 7) is 4.82. The highest BCUT2D eigenvalue weighted by Crippen LogP contribution is 2.43. The van der Waals surface area contributed by atoms with Crippen molar-refractivity contribution >= 4 is 11.3 Å². The summed E-state index contributed by atoms with van der Waals surface area (Å²) < 4.78 is 72.8. The summed E-state index contributed by atoms with van der Waals surface area (Å²) in [5, 5.41) is 1.42. The molecule has 7 heteroatoms. The largest absolute Gasteiger partial charge is 0.378 e. The summed E-state index contributed by atoms with van der Waals surface area (Å²) in [5.74, 6) is -9.70. The highest BCUT2D eigenvalue weighted by Gasteiger charge is 2.38. The van der Waals surface area contributed by atoms with Crippen LogP contribution >= 0.6 is 0 Å². The molecule has 2 nitrogen and oxygen atoms in total. The molecule has 0 saturated carbocycles. The molecule has 34 heavy (non-hydrogen) atoms. The van der Waals surface area contributed by atoms with Crippen LogP contribution in [0.25, 0.3) is 5.57 Å². The van der Waals surface area contributed by atoms with Crippen LogP contribution < -0.4 is 20.5 Å². The van der Waals surface area contributed by atoms with E-state index in [2.05, 4.69) is 4.99 Å². The molecule has 176 valence electrons. The monoisotopic (exact) mass is 471 g/mol. The maximum Gasteiger partial charge on any atom is 0.201 e. The summed E-state index contributed by atoms with van der Waals surface area (Å²) in [6.07, 6.45) is 1.64. The third-order valence-electron chi connectivity index (χ3n) is 7.05. The van der Waals surface area contributed by atoms with Crippen molar-refractivity contribution in [2.75, 3.05) is 25.5 Å². The van der Waals surface area contributed by atoms with Crippen LogP contribution in [0.1, 0.15) is 48.1 Å². The van der Waals surface area contributed by atoms with Crippen LogP contribution in [0.4, 0.5) is 27.6 Å². The van der Waals surface area contributed by atoms with Gasteiger partial charge in [0, 0.05) is 48.8 Å². The van der Waals surface area contributed by atoms with Crippen LogP contribution in [0.2, 0.25) is 0 Å². The number of fused-ring (bicyclic) bond motifs is 3. The van der Waals surface area contributed by atoms with Gasteiger partial charge in [0.2, 0.25) is 11.2 Å². The minimum atomic E-state index is -2.16. The third-order valence-corrected chi connectivity index (χ3v) is 7.05. The lowest BCUT2D eigenvalue weighted by molar-refractivity contribution is -0.505. The van der Waals surface area contributed by atoms with Gasteiger partial charge in [0.15, 0.2) is 23.3 Å². The Morgan fingerprint density at radius 2 is 1.47 bits per heavy atom. The van der Waals surface area contributed by atoms with Gasteiger partial charge in [-0.2, -0.15) is 0 Å². The van der Waals surface area contributed by atoms with E-state index in [-0.39, 0.29) is 5.57 Å². The molecule has 0 radical (unpaired) electrons. The molecule has 0 spiro atoms. The van der Waals surface area contributed by atoms with E-state index < -0.39 is 40.1 Å². The zero-order valence-corrected chi connectivity index (χ0v) is 19.3. The van der Waals surface area contributed by atoms with Gasteiger partial charge in [0.05, 0.1) is 5.56 Å². The van der Waals surface area contributed by atoms with Crippen LogP contribution in [0, 0.1) is 29.1 Å². The molecule has 1 N–H and O–H groups in total. The van der Waals surface area contributed by atoms with Crippen molar-refractivity contribution in [3.8, 4) is 0 Å². The first-order valence-corrected chi connectivity index (χ1v) is 11.2. The van der Waals surface area contributed by atoms with E-state index in [4.69, 9.17) is 0 Å². The van der Waals surface area contributed by atoms with Gasteiger partial charge in [-0.05, 0) is 46.5 Å². The molecule has 3 aromatic carbocycles. The van der Waals surface area contributed by atoms with Gasteiger partial charge in [0.25, 0.3) is 0 Å². The van der Waals surface area contributed by atoms with Gasteiger partial charge in [-0.1, -0.05) is 19.9 Å². The third kappa shape index (κ3) is 3.09. The molecular formula is C27H24F5N2+.